The highest BCUT2D eigenvalue weighted by molar-refractivity contribution is 5.69. The van der Waals surface area contributed by atoms with Gasteiger partial charge in [0, 0.05) is 6.42 Å². The van der Waals surface area contributed by atoms with Crippen LogP contribution in [0.25, 0.3) is 0 Å². The Bertz CT molecular complexity index is 1340. The molecule has 4 aliphatic carbocycles. The summed E-state index contributed by atoms with van der Waals surface area (Å²) in [4.78, 5) is 12.5. The number of rotatable bonds is 20. The summed E-state index contributed by atoms with van der Waals surface area (Å²) in [7, 11) is 0. The summed E-state index contributed by atoms with van der Waals surface area (Å²) in [5, 5.41) is 32.4. The highest BCUT2D eigenvalue weighted by Crippen LogP contribution is 2.67. The first kappa shape index (κ1) is 45.3. The van der Waals surface area contributed by atoms with Crippen LogP contribution in [0, 0.1) is 46.3 Å². The average Bonchev–Trinajstić information content (AvgIpc) is 3.53. The van der Waals surface area contributed by atoms with Crippen molar-refractivity contribution in [1.29, 1.82) is 0 Å². The van der Waals surface area contributed by atoms with Gasteiger partial charge in [0.15, 0.2) is 6.29 Å². The van der Waals surface area contributed by atoms with Gasteiger partial charge in [-0.05, 0) is 136 Å². The van der Waals surface area contributed by atoms with Gasteiger partial charge in [-0.25, -0.2) is 0 Å². The third-order valence-corrected chi connectivity index (χ3v) is 15.2. The smallest absolute Gasteiger partial charge is 0.305 e. The fourth-order valence-corrected chi connectivity index (χ4v) is 11.9. The number of aliphatic hydroxyl groups excluding tert-OH is 3. The molecule has 1 aliphatic heterocycles. The van der Waals surface area contributed by atoms with Gasteiger partial charge in [0.25, 0.3) is 0 Å². The van der Waals surface area contributed by atoms with Crippen molar-refractivity contribution in [2.24, 2.45) is 46.3 Å². The van der Waals surface area contributed by atoms with Crippen LogP contribution in [0.3, 0.4) is 0 Å². The molecule has 4 fully saturated rings. The third kappa shape index (κ3) is 11.3. The standard InChI is InChI=1S/C49H80O7/c1-7-8-9-10-11-12-13-14-15-16-17-18-19-23-43(50)54-33-42-44(51)45(52)46(53)47(56-42)55-37-28-30-48(5)36(32-37)24-25-38-40-27-26-39(35(4)22-20-21-34(2)3)49(40,6)31-29-41(38)48/h8-9,11-12,14-15,24,34-35,37-42,44-47,51-53H,7,10,13,16-23,25-33H2,1-6H3/b9-8-,12-11-,15-14-/t35-,37+,38+,39-,40+,41+,42?,44-,45?,46?,47-,48+,49-/m1/s1. The topological polar surface area (TPSA) is 105 Å². The lowest BCUT2D eigenvalue weighted by Gasteiger charge is -2.58. The summed E-state index contributed by atoms with van der Waals surface area (Å²) in [5.74, 6) is 4.39. The molecular weight excluding hydrogens is 701 g/mol. The first-order valence-electron chi connectivity index (χ1n) is 23.0. The number of hydrogen-bond donors (Lipinski definition) is 3. The van der Waals surface area contributed by atoms with Crippen LogP contribution in [0.15, 0.2) is 48.1 Å². The maximum Gasteiger partial charge on any atom is 0.305 e. The normalized spacial score (nSPS) is 37.9. The van der Waals surface area contributed by atoms with Crippen LogP contribution in [-0.4, -0.2) is 64.7 Å². The Hall–Kier alpha value is -1.77. The molecule has 13 atom stereocenters. The van der Waals surface area contributed by atoms with E-state index in [4.69, 9.17) is 14.2 Å². The molecule has 3 N–H and O–H groups in total. The van der Waals surface area contributed by atoms with Crippen LogP contribution in [0.2, 0.25) is 0 Å². The van der Waals surface area contributed by atoms with Crippen LogP contribution < -0.4 is 0 Å². The van der Waals surface area contributed by atoms with Crippen LogP contribution in [0.4, 0.5) is 0 Å². The van der Waals surface area contributed by atoms with Crippen molar-refractivity contribution in [1.82, 2.24) is 0 Å². The van der Waals surface area contributed by atoms with Crippen LogP contribution in [-0.2, 0) is 19.0 Å². The van der Waals surface area contributed by atoms with Crippen molar-refractivity contribution in [3.63, 3.8) is 0 Å². The van der Waals surface area contributed by atoms with Crippen molar-refractivity contribution >= 4 is 5.97 Å². The number of carbonyl (C=O) groups is 1. The highest BCUT2D eigenvalue weighted by Gasteiger charge is 2.59. The van der Waals surface area contributed by atoms with Gasteiger partial charge in [0.2, 0.25) is 0 Å². The molecule has 1 saturated heterocycles. The van der Waals surface area contributed by atoms with E-state index in [0.717, 1.165) is 100 Å². The number of aliphatic hydroxyl groups is 3. The minimum absolute atomic E-state index is 0.146. The lowest BCUT2D eigenvalue weighted by molar-refractivity contribution is -0.313. The number of esters is 1. The summed E-state index contributed by atoms with van der Waals surface area (Å²) >= 11 is 0. The zero-order chi connectivity index (χ0) is 40.3. The van der Waals surface area contributed by atoms with E-state index in [9.17, 15) is 20.1 Å². The number of ether oxygens (including phenoxy) is 3. The molecule has 3 saturated carbocycles. The van der Waals surface area contributed by atoms with Gasteiger partial charge < -0.3 is 29.5 Å². The van der Waals surface area contributed by atoms with Gasteiger partial charge in [-0.1, -0.05) is 115 Å². The lowest BCUT2D eigenvalue weighted by Crippen LogP contribution is -2.60. The summed E-state index contributed by atoms with van der Waals surface area (Å²) < 4.78 is 17.9. The van der Waals surface area contributed by atoms with Gasteiger partial charge in [-0.15, -0.1) is 0 Å². The second-order valence-electron chi connectivity index (χ2n) is 19.4. The number of carbonyl (C=O) groups excluding carboxylic acids is 1. The Morgan fingerprint density at radius 1 is 0.857 bits per heavy atom. The molecule has 0 bridgehead atoms. The molecule has 5 rings (SSSR count). The Kier molecular flexibility index (Phi) is 17.4. The van der Waals surface area contributed by atoms with Crippen molar-refractivity contribution in [3.05, 3.63) is 48.1 Å². The zero-order valence-corrected chi connectivity index (χ0v) is 36.1. The van der Waals surface area contributed by atoms with Crippen LogP contribution in [0.1, 0.15) is 164 Å². The van der Waals surface area contributed by atoms with E-state index >= 15 is 0 Å². The first-order chi connectivity index (χ1) is 26.9. The molecule has 0 aromatic carbocycles. The first-order valence-corrected chi connectivity index (χ1v) is 23.0. The molecule has 3 unspecified atom stereocenters. The maximum atomic E-state index is 12.5. The molecule has 7 nitrogen and oxygen atoms in total. The third-order valence-electron chi connectivity index (χ3n) is 15.2. The summed E-state index contributed by atoms with van der Waals surface area (Å²) in [6, 6.07) is 0. The van der Waals surface area contributed by atoms with Crippen molar-refractivity contribution in [3.8, 4) is 0 Å². The summed E-state index contributed by atoms with van der Waals surface area (Å²) in [6.45, 7) is 14.4. The van der Waals surface area contributed by atoms with E-state index in [1.54, 1.807) is 0 Å². The van der Waals surface area contributed by atoms with Crippen LogP contribution >= 0.6 is 0 Å². The van der Waals surface area contributed by atoms with E-state index in [2.05, 4.69) is 84.1 Å². The molecule has 0 radical (unpaired) electrons. The molecule has 0 amide bonds. The number of allylic oxidation sites excluding steroid dienone is 7. The van der Waals surface area contributed by atoms with E-state index in [1.165, 1.54) is 50.5 Å². The summed E-state index contributed by atoms with van der Waals surface area (Å²) in [6.07, 6.45) is 29.6. The Balaban J connectivity index is 1.05. The second-order valence-corrected chi connectivity index (χ2v) is 19.4. The Labute approximate surface area is 340 Å². The minimum atomic E-state index is -1.45. The molecule has 0 spiro atoms. The molecule has 1 heterocycles. The highest BCUT2D eigenvalue weighted by atomic mass is 16.7. The SMILES string of the molecule is CC/C=C\C/C=C\C/C=C\CCCCCC(=O)OCC1O[C@@H](O[C@H]2CC[C@@]3(C)C(=CC[C@H]4[C@@H]5CC[C@H]([C@H](C)CCCC(C)C)[C@@]5(C)CC[C@@H]43)C2)C(O)C(O)[C@@H]1O. The molecule has 5 aliphatic rings. The van der Waals surface area contributed by atoms with Gasteiger partial charge >= 0.3 is 5.97 Å². The van der Waals surface area contributed by atoms with Crippen molar-refractivity contribution < 1.29 is 34.3 Å². The fourth-order valence-electron chi connectivity index (χ4n) is 11.9. The van der Waals surface area contributed by atoms with Crippen molar-refractivity contribution in [2.75, 3.05) is 6.61 Å². The molecule has 318 valence electrons. The van der Waals surface area contributed by atoms with E-state index in [0.29, 0.717) is 17.8 Å². The minimum Gasteiger partial charge on any atom is -0.463 e. The van der Waals surface area contributed by atoms with Gasteiger partial charge in [0.05, 0.1) is 6.10 Å². The molecule has 0 aromatic rings. The predicted molar refractivity (Wildman–Crippen MR) is 226 cm³/mol. The fraction of sp³-hybridized carbons (Fsp3) is 0.816. The maximum absolute atomic E-state index is 12.5. The largest absolute Gasteiger partial charge is 0.463 e. The van der Waals surface area contributed by atoms with E-state index in [1.807, 2.05) is 0 Å². The van der Waals surface area contributed by atoms with Crippen LogP contribution in [0.5, 0.6) is 0 Å². The molecule has 0 aromatic heterocycles. The number of fused-ring (bicyclic) bond motifs is 5. The van der Waals surface area contributed by atoms with Gasteiger partial charge in [-0.2, -0.15) is 0 Å². The monoisotopic (exact) mass is 781 g/mol. The predicted octanol–water partition coefficient (Wildman–Crippen LogP) is 10.6. The van der Waals surface area contributed by atoms with E-state index in [-0.39, 0.29) is 24.1 Å². The Morgan fingerprint density at radius 3 is 2.36 bits per heavy atom. The average molecular weight is 781 g/mol. The molecular formula is C49H80O7. The van der Waals surface area contributed by atoms with Gasteiger partial charge in [-0.3, -0.25) is 4.79 Å². The van der Waals surface area contributed by atoms with Crippen molar-refractivity contribution in [2.45, 2.75) is 200 Å². The lowest BCUT2D eigenvalue weighted by atomic mass is 9.47. The summed E-state index contributed by atoms with van der Waals surface area (Å²) in [5.41, 5.74) is 2.13. The molecule has 7 heteroatoms. The van der Waals surface area contributed by atoms with E-state index < -0.39 is 30.7 Å². The Morgan fingerprint density at radius 2 is 1.61 bits per heavy atom. The zero-order valence-electron chi connectivity index (χ0n) is 36.1. The molecule has 56 heavy (non-hydrogen) atoms. The van der Waals surface area contributed by atoms with Gasteiger partial charge in [0.1, 0.15) is 31.0 Å². The number of unbranched alkanes of at least 4 members (excludes halogenated alkanes) is 3. The quantitative estimate of drug-likeness (QED) is 0.0642. The number of hydrogen-bond acceptors (Lipinski definition) is 7. The second kappa shape index (κ2) is 21.5.